The second kappa shape index (κ2) is 6.49. The molecule has 1 aliphatic rings. The number of carbonyl (C=O) groups excluding carboxylic acids is 2. The van der Waals surface area contributed by atoms with E-state index in [0.717, 1.165) is 4.90 Å². The maximum absolute atomic E-state index is 13.7. The highest BCUT2D eigenvalue weighted by Gasteiger charge is 2.35. The summed E-state index contributed by atoms with van der Waals surface area (Å²) < 4.78 is 18.4. The predicted molar refractivity (Wildman–Crippen MR) is 91.4 cm³/mol. The number of esters is 1. The van der Waals surface area contributed by atoms with Gasteiger partial charge >= 0.3 is 5.97 Å². The first-order valence-corrected chi connectivity index (χ1v) is 8.36. The van der Waals surface area contributed by atoms with Crippen molar-refractivity contribution in [1.29, 1.82) is 0 Å². The third-order valence-electron chi connectivity index (χ3n) is 3.71. The highest BCUT2D eigenvalue weighted by molar-refractivity contribution is 7.98. The number of carbonyl (C=O) groups is 2. The second-order valence-electron chi connectivity index (χ2n) is 5.06. The second-order valence-corrected chi connectivity index (χ2v) is 5.90. The lowest BCUT2D eigenvalue weighted by atomic mass is 10.1. The van der Waals surface area contributed by atoms with E-state index in [1.807, 2.05) is 24.5 Å². The van der Waals surface area contributed by atoms with E-state index in [1.165, 1.54) is 48.0 Å². The summed E-state index contributed by atoms with van der Waals surface area (Å²) in [6, 6.07) is 11.3. The van der Waals surface area contributed by atoms with Crippen LogP contribution < -0.4 is 4.90 Å². The molecule has 1 heterocycles. The van der Waals surface area contributed by atoms with Crippen molar-refractivity contribution in [3.8, 4) is 0 Å². The summed E-state index contributed by atoms with van der Waals surface area (Å²) in [5.41, 5.74) is 1.67. The number of thioether (sulfide) groups is 1. The Balaban J connectivity index is 2.23. The minimum absolute atomic E-state index is 0.304. The number of hydrogen-bond acceptors (Lipinski definition) is 4. The minimum Gasteiger partial charge on any atom is -0.466 e. The van der Waals surface area contributed by atoms with Gasteiger partial charge in [0.05, 0.1) is 18.5 Å². The van der Waals surface area contributed by atoms with E-state index in [-0.39, 0.29) is 5.91 Å². The molecule has 3 rings (SSSR count). The number of anilines is 1. The Morgan fingerprint density at radius 2 is 1.96 bits per heavy atom. The van der Waals surface area contributed by atoms with Crippen LogP contribution >= 0.6 is 11.8 Å². The van der Waals surface area contributed by atoms with Crippen LogP contribution in [0.5, 0.6) is 0 Å². The molecular weight excluding hydrogens is 329 g/mol. The first-order chi connectivity index (χ1) is 11.6. The number of ether oxygens (including phenoxy) is 1. The SMILES string of the molecule is COC(=O)/C=C1\c2cc(F)ccc2C(=O)N1c1ccccc1SC. The summed E-state index contributed by atoms with van der Waals surface area (Å²) in [6.45, 7) is 0. The van der Waals surface area contributed by atoms with E-state index < -0.39 is 11.8 Å². The number of methoxy groups -OCH3 is 1. The Kier molecular flexibility index (Phi) is 4.40. The number of amides is 1. The van der Waals surface area contributed by atoms with Gasteiger partial charge in [0, 0.05) is 22.1 Å². The third kappa shape index (κ3) is 2.69. The molecule has 1 amide bonds. The normalized spacial score (nSPS) is 14.9. The van der Waals surface area contributed by atoms with Crippen LogP contribution in [-0.4, -0.2) is 25.2 Å². The third-order valence-corrected chi connectivity index (χ3v) is 4.50. The molecule has 24 heavy (non-hydrogen) atoms. The Morgan fingerprint density at radius 1 is 1.21 bits per heavy atom. The molecule has 1 aliphatic heterocycles. The van der Waals surface area contributed by atoms with E-state index in [4.69, 9.17) is 0 Å². The largest absolute Gasteiger partial charge is 0.466 e. The van der Waals surface area contributed by atoms with Crippen molar-refractivity contribution in [3.05, 3.63) is 65.5 Å². The fraction of sp³-hybridized carbons (Fsp3) is 0.111. The molecule has 6 heteroatoms. The number of para-hydroxylation sites is 1. The Hall–Kier alpha value is -2.60. The van der Waals surface area contributed by atoms with Crippen molar-refractivity contribution < 1.29 is 18.7 Å². The van der Waals surface area contributed by atoms with Crippen LogP contribution in [0.15, 0.2) is 53.4 Å². The molecule has 0 aromatic heterocycles. The first kappa shape index (κ1) is 16.3. The zero-order valence-corrected chi connectivity index (χ0v) is 13.9. The van der Waals surface area contributed by atoms with Crippen molar-refractivity contribution in [2.24, 2.45) is 0 Å². The van der Waals surface area contributed by atoms with Gasteiger partial charge in [0.2, 0.25) is 0 Å². The molecule has 0 saturated carbocycles. The molecule has 0 fully saturated rings. The maximum atomic E-state index is 13.7. The molecule has 0 saturated heterocycles. The van der Waals surface area contributed by atoms with Crippen LogP contribution in [0.1, 0.15) is 15.9 Å². The highest BCUT2D eigenvalue weighted by Crippen LogP contribution is 2.40. The van der Waals surface area contributed by atoms with Crippen molar-refractivity contribution in [2.75, 3.05) is 18.3 Å². The van der Waals surface area contributed by atoms with Gasteiger partial charge in [-0.25, -0.2) is 9.18 Å². The van der Waals surface area contributed by atoms with Gasteiger partial charge in [0.25, 0.3) is 5.91 Å². The molecule has 0 radical (unpaired) electrons. The van der Waals surface area contributed by atoms with Gasteiger partial charge in [-0.05, 0) is 36.6 Å². The van der Waals surface area contributed by atoms with Gasteiger partial charge in [-0.1, -0.05) is 12.1 Å². The number of halogens is 1. The van der Waals surface area contributed by atoms with E-state index in [1.54, 1.807) is 6.07 Å². The number of rotatable bonds is 3. The van der Waals surface area contributed by atoms with Gasteiger partial charge in [0.1, 0.15) is 5.82 Å². The molecule has 0 aliphatic carbocycles. The Morgan fingerprint density at radius 3 is 2.67 bits per heavy atom. The Labute approximate surface area is 142 Å². The fourth-order valence-corrected chi connectivity index (χ4v) is 3.21. The first-order valence-electron chi connectivity index (χ1n) is 7.14. The summed E-state index contributed by atoms with van der Waals surface area (Å²) in [7, 11) is 1.25. The van der Waals surface area contributed by atoms with Crippen LogP contribution in [0.4, 0.5) is 10.1 Å². The number of nitrogens with zero attached hydrogens (tertiary/aromatic N) is 1. The van der Waals surface area contributed by atoms with E-state index in [2.05, 4.69) is 4.74 Å². The van der Waals surface area contributed by atoms with Crippen LogP contribution in [0.2, 0.25) is 0 Å². The number of hydrogen-bond donors (Lipinski definition) is 0. The summed E-state index contributed by atoms with van der Waals surface area (Å²) in [5.74, 6) is -1.39. The lowest BCUT2D eigenvalue weighted by Gasteiger charge is -2.21. The van der Waals surface area contributed by atoms with Crippen molar-refractivity contribution in [1.82, 2.24) is 0 Å². The smallest absolute Gasteiger partial charge is 0.332 e. The highest BCUT2D eigenvalue weighted by atomic mass is 32.2. The average molecular weight is 343 g/mol. The number of benzene rings is 2. The molecule has 4 nitrogen and oxygen atoms in total. The Bertz CT molecular complexity index is 863. The van der Waals surface area contributed by atoms with Gasteiger partial charge in [0.15, 0.2) is 0 Å². The minimum atomic E-state index is -0.610. The van der Waals surface area contributed by atoms with Crippen LogP contribution in [0.25, 0.3) is 5.70 Å². The monoisotopic (exact) mass is 343 g/mol. The fourth-order valence-electron chi connectivity index (χ4n) is 2.63. The van der Waals surface area contributed by atoms with Crippen LogP contribution in [0, 0.1) is 5.82 Å². The van der Waals surface area contributed by atoms with Gasteiger partial charge in [-0.2, -0.15) is 0 Å². The van der Waals surface area contributed by atoms with Crippen LogP contribution in [-0.2, 0) is 9.53 Å². The zero-order valence-electron chi connectivity index (χ0n) is 13.1. The summed E-state index contributed by atoms with van der Waals surface area (Å²) in [6.07, 6.45) is 3.11. The number of fused-ring (bicyclic) bond motifs is 1. The van der Waals surface area contributed by atoms with Gasteiger partial charge in [-0.3, -0.25) is 9.69 Å². The van der Waals surface area contributed by atoms with Crippen molar-refractivity contribution in [2.45, 2.75) is 4.90 Å². The molecule has 0 spiro atoms. The molecule has 0 unspecified atom stereocenters. The van der Waals surface area contributed by atoms with Crippen LogP contribution in [0.3, 0.4) is 0 Å². The van der Waals surface area contributed by atoms with Gasteiger partial charge < -0.3 is 4.74 Å². The average Bonchev–Trinajstić information content (AvgIpc) is 2.86. The van der Waals surface area contributed by atoms with E-state index in [9.17, 15) is 14.0 Å². The van der Waals surface area contributed by atoms with Crippen molar-refractivity contribution in [3.63, 3.8) is 0 Å². The summed E-state index contributed by atoms with van der Waals surface area (Å²) in [5, 5.41) is 0. The molecule has 0 N–H and O–H groups in total. The zero-order chi connectivity index (χ0) is 17.3. The summed E-state index contributed by atoms with van der Waals surface area (Å²) >= 11 is 1.48. The quantitative estimate of drug-likeness (QED) is 0.484. The molecule has 0 atom stereocenters. The van der Waals surface area contributed by atoms with E-state index >= 15 is 0 Å². The molecular formula is C18H14FNO3S. The van der Waals surface area contributed by atoms with Crippen molar-refractivity contribution >= 4 is 35.0 Å². The standard InChI is InChI=1S/C18H14FNO3S/c1-23-17(21)10-15-13-9-11(19)7-8-12(13)18(22)20(15)14-5-3-4-6-16(14)24-2/h3-10H,1-2H3/b15-10+. The summed E-state index contributed by atoms with van der Waals surface area (Å²) in [4.78, 5) is 26.9. The van der Waals surface area contributed by atoms with E-state index in [0.29, 0.717) is 22.5 Å². The topological polar surface area (TPSA) is 46.6 Å². The maximum Gasteiger partial charge on any atom is 0.332 e. The molecule has 2 aromatic rings. The predicted octanol–water partition coefficient (Wildman–Crippen LogP) is 3.72. The molecule has 122 valence electrons. The molecule has 2 aromatic carbocycles. The lowest BCUT2D eigenvalue weighted by Crippen LogP contribution is -2.23. The van der Waals surface area contributed by atoms with Gasteiger partial charge in [-0.15, -0.1) is 11.8 Å². The lowest BCUT2D eigenvalue weighted by molar-refractivity contribution is -0.134. The molecule has 0 bridgehead atoms.